The first kappa shape index (κ1) is 13.5. The highest BCUT2D eigenvalue weighted by molar-refractivity contribution is 5.78. The summed E-state index contributed by atoms with van der Waals surface area (Å²) in [5, 5.41) is 12.1. The van der Waals surface area contributed by atoms with Gasteiger partial charge in [-0.3, -0.25) is 4.79 Å². The molecule has 0 radical (unpaired) electrons. The maximum Gasteiger partial charge on any atom is 0.247 e. The zero-order valence-corrected chi connectivity index (χ0v) is 10.1. The molecule has 94 valence electrons. The summed E-state index contributed by atoms with van der Waals surface area (Å²) >= 11 is 0. The van der Waals surface area contributed by atoms with Gasteiger partial charge in [-0.05, 0) is 24.1 Å². The Labute approximate surface area is 101 Å². The van der Waals surface area contributed by atoms with Crippen LogP contribution in [-0.4, -0.2) is 30.8 Å². The average Bonchev–Trinajstić information content (AvgIpc) is 2.29. The van der Waals surface area contributed by atoms with Gasteiger partial charge in [-0.1, -0.05) is 12.1 Å². The number of nitrogens with two attached hydrogens (primary N) is 1. The fourth-order valence-corrected chi connectivity index (χ4v) is 1.50. The quantitative estimate of drug-likeness (QED) is 0.648. The van der Waals surface area contributed by atoms with Crippen LogP contribution < -0.4 is 15.8 Å². The summed E-state index contributed by atoms with van der Waals surface area (Å²) in [5.74, 6) is 0.120. The molecule has 0 heterocycles. The normalized spacial score (nSPS) is 12.2. The van der Waals surface area contributed by atoms with E-state index < -0.39 is 12.0 Å². The number of ether oxygens (including phenoxy) is 1. The molecule has 5 heteroatoms. The Hall–Kier alpha value is -1.59. The van der Waals surface area contributed by atoms with Gasteiger partial charge in [0.05, 0.1) is 7.11 Å². The van der Waals surface area contributed by atoms with Crippen LogP contribution >= 0.6 is 0 Å². The molecule has 1 amide bonds. The van der Waals surface area contributed by atoms with Crippen molar-refractivity contribution in [3.05, 3.63) is 29.3 Å². The summed E-state index contributed by atoms with van der Waals surface area (Å²) in [5.41, 5.74) is 7.03. The van der Waals surface area contributed by atoms with Crippen molar-refractivity contribution in [1.29, 1.82) is 0 Å². The van der Waals surface area contributed by atoms with Crippen LogP contribution in [-0.2, 0) is 11.3 Å². The largest absolute Gasteiger partial charge is 0.496 e. The van der Waals surface area contributed by atoms with Crippen molar-refractivity contribution in [3.63, 3.8) is 0 Å². The van der Waals surface area contributed by atoms with E-state index in [0.29, 0.717) is 6.54 Å². The van der Waals surface area contributed by atoms with E-state index in [4.69, 9.17) is 10.5 Å². The molecule has 0 saturated carbocycles. The lowest BCUT2D eigenvalue weighted by Gasteiger charge is -2.10. The molecule has 0 fully saturated rings. The Morgan fingerprint density at radius 2 is 2.29 bits per heavy atom. The SMILES string of the molecule is COc1ccc(CNCC(O)C(N)=O)cc1C. The van der Waals surface area contributed by atoms with Crippen molar-refractivity contribution in [2.45, 2.75) is 19.6 Å². The predicted octanol–water partition coefficient (Wildman–Crippen LogP) is -0.0606. The lowest BCUT2D eigenvalue weighted by Crippen LogP contribution is -2.37. The van der Waals surface area contributed by atoms with Crippen molar-refractivity contribution in [2.75, 3.05) is 13.7 Å². The first-order valence-electron chi connectivity index (χ1n) is 5.36. The number of aryl methyl sites for hydroxylation is 1. The summed E-state index contributed by atoms with van der Waals surface area (Å²) < 4.78 is 5.15. The Kier molecular flexibility index (Phi) is 4.93. The van der Waals surface area contributed by atoms with Gasteiger partial charge >= 0.3 is 0 Å². The number of hydrogen-bond acceptors (Lipinski definition) is 4. The Morgan fingerprint density at radius 3 is 2.82 bits per heavy atom. The fraction of sp³-hybridized carbons (Fsp3) is 0.417. The van der Waals surface area contributed by atoms with E-state index in [1.807, 2.05) is 25.1 Å². The summed E-state index contributed by atoms with van der Waals surface area (Å²) in [6, 6.07) is 5.80. The molecule has 0 bridgehead atoms. The van der Waals surface area contributed by atoms with Gasteiger partial charge in [-0.15, -0.1) is 0 Å². The highest BCUT2D eigenvalue weighted by Crippen LogP contribution is 2.18. The number of aliphatic hydroxyl groups is 1. The van der Waals surface area contributed by atoms with Crippen LogP contribution in [0.1, 0.15) is 11.1 Å². The molecule has 0 aromatic heterocycles. The van der Waals surface area contributed by atoms with Gasteiger partial charge < -0.3 is 20.9 Å². The van der Waals surface area contributed by atoms with Crippen LogP contribution in [0.3, 0.4) is 0 Å². The van der Waals surface area contributed by atoms with Crippen LogP contribution in [0.4, 0.5) is 0 Å². The Bertz CT molecular complexity index is 393. The number of rotatable bonds is 6. The third-order valence-corrected chi connectivity index (χ3v) is 2.45. The van der Waals surface area contributed by atoms with Crippen molar-refractivity contribution < 1.29 is 14.6 Å². The minimum atomic E-state index is -1.14. The first-order valence-corrected chi connectivity index (χ1v) is 5.36. The average molecular weight is 238 g/mol. The zero-order valence-electron chi connectivity index (χ0n) is 10.1. The lowest BCUT2D eigenvalue weighted by molar-refractivity contribution is -0.125. The third kappa shape index (κ3) is 4.05. The highest BCUT2D eigenvalue weighted by atomic mass is 16.5. The van der Waals surface area contributed by atoms with Gasteiger partial charge in [0, 0.05) is 13.1 Å². The second kappa shape index (κ2) is 6.22. The van der Waals surface area contributed by atoms with Gasteiger partial charge in [-0.2, -0.15) is 0 Å². The van der Waals surface area contributed by atoms with Crippen molar-refractivity contribution in [1.82, 2.24) is 5.32 Å². The van der Waals surface area contributed by atoms with Gasteiger partial charge in [-0.25, -0.2) is 0 Å². The maximum absolute atomic E-state index is 10.6. The van der Waals surface area contributed by atoms with Crippen molar-refractivity contribution in [2.24, 2.45) is 5.73 Å². The number of methoxy groups -OCH3 is 1. The van der Waals surface area contributed by atoms with Crippen LogP contribution in [0.2, 0.25) is 0 Å². The van der Waals surface area contributed by atoms with Crippen LogP contribution in [0.15, 0.2) is 18.2 Å². The molecule has 1 aromatic carbocycles. The monoisotopic (exact) mass is 238 g/mol. The fourth-order valence-electron chi connectivity index (χ4n) is 1.50. The second-order valence-corrected chi connectivity index (χ2v) is 3.85. The highest BCUT2D eigenvalue weighted by Gasteiger charge is 2.09. The number of amides is 1. The summed E-state index contributed by atoms with van der Waals surface area (Å²) in [6.45, 7) is 2.68. The molecule has 4 N–H and O–H groups in total. The molecule has 0 aliphatic rings. The lowest BCUT2D eigenvalue weighted by atomic mass is 10.1. The van der Waals surface area contributed by atoms with Crippen LogP contribution in [0.5, 0.6) is 5.75 Å². The molecule has 0 spiro atoms. The van der Waals surface area contributed by atoms with E-state index in [1.54, 1.807) is 7.11 Å². The molecule has 5 nitrogen and oxygen atoms in total. The number of carbonyl (C=O) groups is 1. The maximum atomic E-state index is 10.6. The van der Waals surface area contributed by atoms with E-state index in [9.17, 15) is 9.90 Å². The topological polar surface area (TPSA) is 84.6 Å². The molecule has 17 heavy (non-hydrogen) atoms. The second-order valence-electron chi connectivity index (χ2n) is 3.85. The predicted molar refractivity (Wildman–Crippen MR) is 64.6 cm³/mol. The smallest absolute Gasteiger partial charge is 0.247 e. The summed E-state index contributed by atoms with van der Waals surface area (Å²) in [4.78, 5) is 10.6. The molecule has 0 aliphatic carbocycles. The zero-order chi connectivity index (χ0) is 12.8. The summed E-state index contributed by atoms with van der Waals surface area (Å²) in [7, 11) is 1.63. The minimum absolute atomic E-state index is 0.153. The van der Waals surface area contributed by atoms with E-state index in [1.165, 1.54) is 0 Å². The first-order chi connectivity index (χ1) is 8.04. The molecular formula is C12H18N2O3. The molecule has 1 aromatic rings. The number of carbonyl (C=O) groups excluding carboxylic acids is 1. The van der Waals surface area contributed by atoms with Crippen LogP contribution in [0, 0.1) is 6.92 Å². The van der Waals surface area contributed by atoms with E-state index >= 15 is 0 Å². The Balaban J connectivity index is 2.47. The third-order valence-electron chi connectivity index (χ3n) is 2.45. The molecule has 1 rings (SSSR count). The molecule has 1 atom stereocenters. The van der Waals surface area contributed by atoms with Gasteiger partial charge in [0.1, 0.15) is 11.9 Å². The molecule has 1 unspecified atom stereocenters. The summed E-state index contributed by atoms with van der Waals surface area (Å²) in [6.07, 6.45) is -1.14. The van der Waals surface area contributed by atoms with Crippen molar-refractivity contribution in [3.8, 4) is 5.75 Å². The molecular weight excluding hydrogens is 220 g/mol. The molecule has 0 saturated heterocycles. The number of nitrogens with one attached hydrogen (secondary N) is 1. The van der Waals surface area contributed by atoms with Gasteiger partial charge in [0.15, 0.2) is 0 Å². The van der Waals surface area contributed by atoms with E-state index in [0.717, 1.165) is 16.9 Å². The molecule has 0 aliphatic heterocycles. The van der Waals surface area contributed by atoms with E-state index in [-0.39, 0.29) is 6.54 Å². The van der Waals surface area contributed by atoms with Gasteiger partial charge in [0.2, 0.25) is 5.91 Å². The Morgan fingerprint density at radius 1 is 1.59 bits per heavy atom. The van der Waals surface area contributed by atoms with Gasteiger partial charge in [0.25, 0.3) is 0 Å². The number of primary amides is 1. The van der Waals surface area contributed by atoms with E-state index in [2.05, 4.69) is 5.32 Å². The van der Waals surface area contributed by atoms with Crippen molar-refractivity contribution >= 4 is 5.91 Å². The van der Waals surface area contributed by atoms with Crippen LogP contribution in [0.25, 0.3) is 0 Å². The minimum Gasteiger partial charge on any atom is -0.496 e. The number of benzene rings is 1. The standard InChI is InChI=1S/C12H18N2O3/c1-8-5-9(3-4-11(8)17-2)6-14-7-10(15)12(13)16/h3-5,10,14-15H,6-7H2,1-2H3,(H2,13,16). The number of aliphatic hydroxyl groups excluding tert-OH is 1. The number of hydrogen-bond donors (Lipinski definition) is 3.